The molecule has 134 valence electrons. The summed E-state index contributed by atoms with van der Waals surface area (Å²) in [6, 6.07) is 13.2. The van der Waals surface area contributed by atoms with Crippen LogP contribution in [0.1, 0.15) is 22.8 Å². The van der Waals surface area contributed by atoms with E-state index in [4.69, 9.17) is 0 Å². The highest BCUT2D eigenvalue weighted by atomic mass is 32.1. The van der Waals surface area contributed by atoms with Crippen LogP contribution < -0.4 is 10.6 Å². The first-order valence-corrected chi connectivity index (χ1v) is 9.14. The van der Waals surface area contributed by atoms with E-state index in [0.29, 0.717) is 5.69 Å². The molecule has 0 saturated carbocycles. The highest BCUT2D eigenvalue weighted by Crippen LogP contribution is 2.29. The number of carbonyl (C=O) groups excluding carboxylic acids is 2. The molecule has 2 amide bonds. The minimum atomic E-state index is -0.871. The number of fused-ring (bicyclic) bond motifs is 1. The molecule has 5 nitrogen and oxygen atoms in total. The van der Waals surface area contributed by atoms with E-state index in [1.807, 2.05) is 55.6 Å². The maximum absolute atomic E-state index is 12.0. The van der Waals surface area contributed by atoms with Gasteiger partial charge < -0.3 is 15.7 Å². The Kier molecular flexibility index (Phi) is 5.35. The average Bonchev–Trinajstić information content (AvgIpc) is 3.06. The highest BCUT2D eigenvalue weighted by molar-refractivity contribution is 7.17. The van der Waals surface area contributed by atoms with Gasteiger partial charge in [0.05, 0.1) is 6.10 Å². The molecular weight excluding hydrogens is 348 g/mol. The lowest BCUT2D eigenvalue weighted by atomic mass is 10.1. The van der Waals surface area contributed by atoms with E-state index in [2.05, 4.69) is 10.6 Å². The summed E-state index contributed by atoms with van der Waals surface area (Å²) in [5.74, 6) is -1.53. The third-order valence-corrected chi connectivity index (χ3v) is 5.28. The van der Waals surface area contributed by atoms with Crippen LogP contribution in [-0.4, -0.2) is 23.5 Å². The SMILES string of the molecule is Cc1ccc(NC(=O)C(=O)NCC(O)c2csc3ccccc23)cc1C. The molecule has 2 aromatic carbocycles. The molecule has 26 heavy (non-hydrogen) atoms. The molecule has 0 saturated heterocycles. The number of aliphatic hydroxyl groups excluding tert-OH is 1. The average molecular weight is 368 g/mol. The van der Waals surface area contributed by atoms with Gasteiger partial charge in [0.25, 0.3) is 0 Å². The maximum Gasteiger partial charge on any atom is 0.313 e. The summed E-state index contributed by atoms with van der Waals surface area (Å²) >= 11 is 1.54. The molecule has 3 N–H and O–H groups in total. The van der Waals surface area contributed by atoms with Crippen molar-refractivity contribution in [1.29, 1.82) is 0 Å². The van der Waals surface area contributed by atoms with Gasteiger partial charge in [-0.2, -0.15) is 0 Å². The topological polar surface area (TPSA) is 78.4 Å². The number of carbonyl (C=O) groups is 2. The minimum absolute atomic E-state index is 0.0279. The lowest BCUT2D eigenvalue weighted by Gasteiger charge is -2.12. The van der Waals surface area contributed by atoms with E-state index >= 15 is 0 Å². The number of aryl methyl sites for hydroxylation is 2. The fourth-order valence-corrected chi connectivity index (χ4v) is 3.65. The smallest absolute Gasteiger partial charge is 0.313 e. The molecule has 0 bridgehead atoms. The van der Waals surface area contributed by atoms with Crippen LogP contribution in [0.15, 0.2) is 47.8 Å². The molecule has 1 atom stereocenters. The molecule has 3 aromatic rings. The van der Waals surface area contributed by atoms with Gasteiger partial charge >= 0.3 is 11.8 Å². The summed E-state index contributed by atoms with van der Waals surface area (Å²) in [6.45, 7) is 3.88. The van der Waals surface area contributed by atoms with Gasteiger partial charge in [0.2, 0.25) is 0 Å². The highest BCUT2D eigenvalue weighted by Gasteiger charge is 2.18. The molecule has 0 aliphatic heterocycles. The fourth-order valence-electron chi connectivity index (χ4n) is 2.64. The Balaban J connectivity index is 1.59. The molecule has 0 fully saturated rings. The van der Waals surface area contributed by atoms with E-state index < -0.39 is 17.9 Å². The number of rotatable bonds is 4. The van der Waals surface area contributed by atoms with Crippen LogP contribution in [0.25, 0.3) is 10.1 Å². The van der Waals surface area contributed by atoms with E-state index in [0.717, 1.165) is 26.8 Å². The molecule has 1 unspecified atom stereocenters. The molecule has 0 radical (unpaired) electrons. The standard InChI is InChI=1S/C20H20N2O3S/c1-12-7-8-14(9-13(12)2)22-20(25)19(24)21-10-17(23)16-11-26-18-6-4-3-5-15(16)18/h3-9,11,17,23H,10H2,1-2H3,(H,21,24)(H,22,25). The van der Waals surface area contributed by atoms with Crippen molar-refractivity contribution in [3.05, 3.63) is 64.5 Å². The largest absolute Gasteiger partial charge is 0.387 e. The number of benzene rings is 2. The third-order valence-electron chi connectivity index (χ3n) is 4.30. The van der Waals surface area contributed by atoms with Crippen molar-refractivity contribution < 1.29 is 14.7 Å². The number of hydrogen-bond donors (Lipinski definition) is 3. The molecule has 1 heterocycles. The number of anilines is 1. The molecule has 3 rings (SSSR count). The Morgan fingerprint density at radius 3 is 2.62 bits per heavy atom. The first-order valence-electron chi connectivity index (χ1n) is 8.26. The summed E-state index contributed by atoms with van der Waals surface area (Å²) in [6.07, 6.45) is -0.871. The Labute approximate surface area is 155 Å². The van der Waals surface area contributed by atoms with Crippen molar-refractivity contribution in [1.82, 2.24) is 5.32 Å². The van der Waals surface area contributed by atoms with Crippen molar-refractivity contribution >= 4 is 38.9 Å². The van der Waals surface area contributed by atoms with Crippen LogP contribution in [0.5, 0.6) is 0 Å². The quantitative estimate of drug-likeness (QED) is 0.618. The van der Waals surface area contributed by atoms with Crippen molar-refractivity contribution in [2.45, 2.75) is 20.0 Å². The van der Waals surface area contributed by atoms with Crippen LogP contribution in [0.2, 0.25) is 0 Å². The van der Waals surface area contributed by atoms with Gasteiger partial charge in [0, 0.05) is 22.5 Å². The summed E-state index contributed by atoms with van der Waals surface area (Å²) in [5.41, 5.74) is 3.46. The Morgan fingerprint density at radius 1 is 1.08 bits per heavy atom. The van der Waals surface area contributed by atoms with Gasteiger partial charge in [-0.1, -0.05) is 24.3 Å². The molecule has 0 aliphatic rings. The number of amides is 2. The molecule has 0 spiro atoms. The van der Waals surface area contributed by atoms with E-state index in [1.165, 1.54) is 11.3 Å². The van der Waals surface area contributed by atoms with E-state index in [9.17, 15) is 14.7 Å². The Hall–Kier alpha value is -2.70. The van der Waals surface area contributed by atoms with E-state index in [-0.39, 0.29) is 6.54 Å². The lowest BCUT2D eigenvalue weighted by molar-refractivity contribution is -0.136. The van der Waals surface area contributed by atoms with Crippen molar-refractivity contribution in [2.75, 3.05) is 11.9 Å². The predicted molar refractivity (Wildman–Crippen MR) is 104 cm³/mol. The zero-order valence-electron chi connectivity index (χ0n) is 14.6. The van der Waals surface area contributed by atoms with Crippen LogP contribution >= 0.6 is 11.3 Å². The van der Waals surface area contributed by atoms with Crippen molar-refractivity contribution in [3.8, 4) is 0 Å². The molecule has 6 heteroatoms. The number of hydrogen-bond acceptors (Lipinski definition) is 4. The number of thiophene rings is 1. The maximum atomic E-state index is 12.0. The van der Waals surface area contributed by atoms with Crippen LogP contribution in [-0.2, 0) is 9.59 Å². The van der Waals surface area contributed by atoms with Crippen LogP contribution in [0, 0.1) is 13.8 Å². The van der Waals surface area contributed by atoms with E-state index in [1.54, 1.807) is 6.07 Å². The zero-order valence-corrected chi connectivity index (χ0v) is 15.4. The van der Waals surface area contributed by atoms with Gasteiger partial charge in [-0.05, 0) is 53.9 Å². The summed E-state index contributed by atoms with van der Waals surface area (Å²) < 4.78 is 1.07. The predicted octanol–water partition coefficient (Wildman–Crippen LogP) is 3.31. The molecule has 1 aromatic heterocycles. The fraction of sp³-hybridized carbons (Fsp3) is 0.200. The van der Waals surface area contributed by atoms with Crippen LogP contribution in [0.4, 0.5) is 5.69 Å². The molecular formula is C20H20N2O3S. The number of nitrogens with one attached hydrogen (secondary N) is 2. The zero-order chi connectivity index (χ0) is 18.7. The van der Waals surface area contributed by atoms with Gasteiger partial charge in [0.1, 0.15) is 0 Å². The summed E-state index contributed by atoms with van der Waals surface area (Å²) in [7, 11) is 0. The minimum Gasteiger partial charge on any atom is -0.387 e. The summed E-state index contributed by atoms with van der Waals surface area (Å²) in [4.78, 5) is 24.0. The Bertz CT molecular complexity index is 965. The number of aliphatic hydroxyl groups is 1. The van der Waals surface area contributed by atoms with Crippen molar-refractivity contribution in [3.63, 3.8) is 0 Å². The summed E-state index contributed by atoms with van der Waals surface area (Å²) in [5, 5.41) is 18.2. The lowest BCUT2D eigenvalue weighted by Crippen LogP contribution is -2.37. The van der Waals surface area contributed by atoms with Gasteiger partial charge in [-0.3, -0.25) is 9.59 Å². The van der Waals surface area contributed by atoms with Crippen molar-refractivity contribution in [2.24, 2.45) is 0 Å². The van der Waals surface area contributed by atoms with Gasteiger partial charge in [-0.15, -0.1) is 11.3 Å². The molecule has 0 aliphatic carbocycles. The normalized spacial score (nSPS) is 12.0. The monoisotopic (exact) mass is 368 g/mol. The van der Waals surface area contributed by atoms with Gasteiger partial charge in [0.15, 0.2) is 0 Å². The second-order valence-corrected chi connectivity index (χ2v) is 7.08. The van der Waals surface area contributed by atoms with Crippen LogP contribution in [0.3, 0.4) is 0 Å². The third kappa shape index (κ3) is 3.92. The first-order chi connectivity index (χ1) is 12.5. The van der Waals surface area contributed by atoms with Gasteiger partial charge in [-0.25, -0.2) is 0 Å². The second kappa shape index (κ2) is 7.68. The Morgan fingerprint density at radius 2 is 1.85 bits per heavy atom. The second-order valence-electron chi connectivity index (χ2n) is 6.17. The first kappa shape index (κ1) is 18.1.